The Morgan fingerprint density at radius 3 is 2.61 bits per heavy atom. The normalized spacial score (nSPS) is 18.3. The molecule has 33 heavy (non-hydrogen) atoms. The van der Waals surface area contributed by atoms with Crippen molar-refractivity contribution in [3.05, 3.63) is 41.2 Å². The number of halogens is 5. The molecule has 0 aliphatic carbocycles. The van der Waals surface area contributed by atoms with Gasteiger partial charge in [0.15, 0.2) is 5.03 Å². The molecule has 1 fully saturated rings. The van der Waals surface area contributed by atoms with Crippen LogP contribution >= 0.6 is 0 Å². The molecule has 0 aromatic carbocycles. The van der Waals surface area contributed by atoms with Crippen molar-refractivity contribution in [1.29, 1.82) is 4.78 Å². The zero-order valence-corrected chi connectivity index (χ0v) is 18.2. The number of aromatic nitrogens is 2. The van der Waals surface area contributed by atoms with Crippen LogP contribution in [0.2, 0.25) is 0 Å². The summed E-state index contributed by atoms with van der Waals surface area (Å²) < 4.78 is 87.1. The van der Waals surface area contributed by atoms with Crippen LogP contribution in [0.15, 0.2) is 29.4 Å². The van der Waals surface area contributed by atoms with Gasteiger partial charge in [-0.1, -0.05) is 0 Å². The molecule has 1 amide bonds. The summed E-state index contributed by atoms with van der Waals surface area (Å²) in [7, 11) is -3.70. The van der Waals surface area contributed by atoms with Gasteiger partial charge in [0.2, 0.25) is 5.92 Å². The Morgan fingerprint density at radius 1 is 1.27 bits per heavy atom. The highest BCUT2D eigenvalue weighted by molar-refractivity contribution is 7.90. The van der Waals surface area contributed by atoms with Gasteiger partial charge < -0.3 is 10.2 Å². The second-order valence-corrected chi connectivity index (χ2v) is 9.24. The van der Waals surface area contributed by atoms with Gasteiger partial charge in [-0.2, -0.15) is 13.2 Å². The fraction of sp³-hybridized carbons (Fsp3) is 0.421. The largest absolute Gasteiger partial charge is 0.418 e. The molecule has 14 heteroatoms. The number of carbonyl (C=O) groups is 1. The lowest BCUT2D eigenvalue weighted by Gasteiger charge is -2.25. The van der Waals surface area contributed by atoms with Crippen molar-refractivity contribution in [2.24, 2.45) is 5.14 Å². The van der Waals surface area contributed by atoms with E-state index < -0.39 is 51.2 Å². The molecule has 0 radical (unpaired) electrons. The summed E-state index contributed by atoms with van der Waals surface area (Å²) in [6.45, 7) is 1.02. The van der Waals surface area contributed by atoms with Crippen LogP contribution in [0.3, 0.4) is 0 Å². The number of hydrogen-bond donors (Lipinski definition) is 3. The minimum atomic E-state index is -4.80. The third-order valence-corrected chi connectivity index (χ3v) is 5.91. The van der Waals surface area contributed by atoms with E-state index in [-0.39, 0.29) is 42.5 Å². The Bertz CT molecular complexity index is 1170. The van der Waals surface area contributed by atoms with E-state index in [4.69, 9.17) is 9.92 Å². The van der Waals surface area contributed by atoms with E-state index in [0.717, 1.165) is 19.2 Å². The second kappa shape index (κ2) is 8.82. The monoisotopic (exact) mass is 492 g/mol. The number of carbonyl (C=O) groups excluding carboxylic acids is 1. The molecule has 1 unspecified atom stereocenters. The Kier molecular flexibility index (Phi) is 6.62. The molecule has 0 spiro atoms. The lowest BCUT2D eigenvalue weighted by molar-refractivity contribution is -0.138. The lowest BCUT2D eigenvalue weighted by Crippen LogP contribution is -2.30. The molecule has 3 heterocycles. The topological polar surface area (TPSA) is 125 Å². The summed E-state index contributed by atoms with van der Waals surface area (Å²) in [6, 6.07) is 2.96. The molecular weight excluding hydrogens is 471 g/mol. The third-order valence-electron chi connectivity index (χ3n) is 5.06. The van der Waals surface area contributed by atoms with E-state index in [1.165, 1.54) is 11.0 Å². The zero-order valence-electron chi connectivity index (χ0n) is 17.4. The molecule has 1 aliphatic heterocycles. The highest BCUT2D eigenvalue weighted by Gasteiger charge is 2.37. The molecule has 2 aromatic rings. The molecule has 3 rings (SSSR count). The molecule has 2 aromatic heterocycles. The maximum Gasteiger partial charge on any atom is 0.418 e. The minimum Gasteiger partial charge on any atom is -0.356 e. The number of alkyl halides is 5. The van der Waals surface area contributed by atoms with Crippen LogP contribution < -0.4 is 15.4 Å². The van der Waals surface area contributed by atoms with Crippen molar-refractivity contribution in [2.45, 2.75) is 43.3 Å². The Hall–Kier alpha value is -2.87. The summed E-state index contributed by atoms with van der Waals surface area (Å²) in [6.07, 6.45) is -4.51. The van der Waals surface area contributed by atoms with Gasteiger partial charge in [-0.15, -0.1) is 0 Å². The van der Waals surface area contributed by atoms with Gasteiger partial charge in [0.25, 0.3) is 5.91 Å². The molecule has 1 atom stereocenters. The van der Waals surface area contributed by atoms with E-state index in [1.807, 2.05) is 0 Å². The summed E-state index contributed by atoms with van der Waals surface area (Å²) in [5.41, 5.74) is -2.01. The number of rotatable bonds is 4. The molecular formula is C19H21F5N6O2S. The number of nitrogens with zero attached hydrogens (tertiary/aromatic N) is 3. The number of nitrogens with one attached hydrogen (secondary N) is 2. The van der Waals surface area contributed by atoms with Crippen LogP contribution in [0.4, 0.5) is 33.5 Å². The number of nitrogens with two attached hydrogens (primary N) is 1. The smallest absolute Gasteiger partial charge is 0.356 e. The van der Waals surface area contributed by atoms with E-state index in [1.54, 1.807) is 0 Å². The van der Waals surface area contributed by atoms with E-state index in [0.29, 0.717) is 6.07 Å². The maximum absolute atomic E-state index is 13.8. The van der Waals surface area contributed by atoms with Crippen LogP contribution in [0, 0.1) is 11.7 Å². The first kappa shape index (κ1) is 24.8. The van der Waals surface area contributed by atoms with E-state index in [9.17, 15) is 31.0 Å². The van der Waals surface area contributed by atoms with Crippen LogP contribution in [0.5, 0.6) is 0 Å². The van der Waals surface area contributed by atoms with Crippen LogP contribution in [0.25, 0.3) is 0 Å². The van der Waals surface area contributed by atoms with Gasteiger partial charge >= 0.3 is 6.18 Å². The highest BCUT2D eigenvalue weighted by Crippen LogP contribution is 2.36. The van der Waals surface area contributed by atoms with Gasteiger partial charge in [-0.3, -0.25) is 4.79 Å². The van der Waals surface area contributed by atoms with Crippen LogP contribution in [-0.2, 0) is 16.1 Å². The number of aryl methyl sites for hydroxylation is 1. The predicted octanol–water partition coefficient (Wildman–Crippen LogP) is 3.96. The Labute approximate surface area is 186 Å². The SMILES string of the molecule is Cc1nc(N2CCCC(F)(F)CC2)c(C(=O)Nc2ccnc(S(=N)(N)=O)c2)cc1C(F)(F)F. The summed E-state index contributed by atoms with van der Waals surface area (Å²) >= 11 is 0. The molecule has 8 nitrogen and oxygen atoms in total. The first-order valence-electron chi connectivity index (χ1n) is 9.73. The number of amides is 1. The summed E-state index contributed by atoms with van der Waals surface area (Å²) in [4.78, 5) is 22.0. The molecule has 4 N–H and O–H groups in total. The van der Waals surface area contributed by atoms with Crippen molar-refractivity contribution in [2.75, 3.05) is 23.3 Å². The quantitative estimate of drug-likeness (QED) is 0.557. The molecule has 0 saturated carbocycles. The molecule has 1 aliphatic rings. The van der Waals surface area contributed by atoms with Crippen molar-refractivity contribution >= 4 is 27.3 Å². The lowest BCUT2D eigenvalue weighted by atomic mass is 10.1. The minimum absolute atomic E-state index is 0.0158. The van der Waals surface area contributed by atoms with E-state index in [2.05, 4.69) is 15.3 Å². The fourth-order valence-electron chi connectivity index (χ4n) is 3.41. The van der Waals surface area contributed by atoms with Crippen molar-refractivity contribution < 1.29 is 31.0 Å². The molecule has 0 bridgehead atoms. The third kappa shape index (κ3) is 5.93. The Balaban J connectivity index is 2.04. The zero-order chi connectivity index (χ0) is 24.6. The van der Waals surface area contributed by atoms with Crippen molar-refractivity contribution in [3.63, 3.8) is 0 Å². The van der Waals surface area contributed by atoms with Gasteiger partial charge in [0, 0.05) is 37.8 Å². The van der Waals surface area contributed by atoms with Gasteiger partial charge in [-0.25, -0.2) is 32.9 Å². The van der Waals surface area contributed by atoms with Crippen LogP contribution in [0.1, 0.15) is 40.9 Å². The highest BCUT2D eigenvalue weighted by atomic mass is 32.2. The van der Waals surface area contributed by atoms with Gasteiger partial charge in [-0.05, 0) is 31.5 Å². The fourth-order valence-corrected chi connectivity index (χ4v) is 3.93. The number of pyridine rings is 2. The van der Waals surface area contributed by atoms with Crippen LogP contribution in [-0.4, -0.2) is 39.1 Å². The Morgan fingerprint density at radius 2 is 1.97 bits per heavy atom. The second-order valence-electron chi connectivity index (χ2n) is 7.62. The van der Waals surface area contributed by atoms with E-state index >= 15 is 0 Å². The summed E-state index contributed by atoms with van der Waals surface area (Å²) in [5.74, 6) is -4.06. The first-order chi connectivity index (χ1) is 15.2. The predicted molar refractivity (Wildman–Crippen MR) is 110 cm³/mol. The standard InChI is InChI=1S/C19H21F5N6O2S/c1-11-14(19(22,23)24)10-13(16(28-11)30-7-2-4-18(20,21)5-8-30)17(31)29-12-3-6-27-15(9-12)33(25,26)32/h3,6,9-10H,2,4-5,7-8H2,1H3,(H3,25,26,32)(H,27,29,31). The number of anilines is 2. The van der Waals surface area contributed by atoms with Crippen molar-refractivity contribution in [3.8, 4) is 0 Å². The molecule has 1 saturated heterocycles. The molecule has 180 valence electrons. The first-order valence-corrected chi connectivity index (χ1v) is 11.3. The average Bonchev–Trinajstić information content (AvgIpc) is 2.86. The van der Waals surface area contributed by atoms with Gasteiger partial charge in [0.1, 0.15) is 15.7 Å². The maximum atomic E-state index is 13.8. The van der Waals surface area contributed by atoms with Gasteiger partial charge in [0.05, 0.1) is 16.8 Å². The average molecular weight is 492 g/mol. The van der Waals surface area contributed by atoms with Crippen molar-refractivity contribution in [1.82, 2.24) is 9.97 Å². The number of hydrogen-bond acceptors (Lipinski definition) is 6. The summed E-state index contributed by atoms with van der Waals surface area (Å²) in [5, 5.41) is 7.24.